The Morgan fingerprint density at radius 1 is 1.03 bits per heavy atom. The van der Waals surface area contributed by atoms with Gasteiger partial charge in [-0.1, -0.05) is 36.4 Å². The maximum Gasteiger partial charge on any atom is 0.191 e. The van der Waals surface area contributed by atoms with Crippen LogP contribution in [-0.4, -0.2) is 63.9 Å². The summed E-state index contributed by atoms with van der Waals surface area (Å²) in [5.41, 5.74) is 2.19. The summed E-state index contributed by atoms with van der Waals surface area (Å²) in [5.74, 6) is 2.28. The van der Waals surface area contributed by atoms with Gasteiger partial charge in [-0.25, -0.2) is 4.99 Å². The number of nitrogens with zero attached hydrogens (tertiary/aromatic N) is 2. The van der Waals surface area contributed by atoms with E-state index in [-0.39, 0.29) is 0 Å². The molecule has 0 unspecified atom stereocenters. The van der Waals surface area contributed by atoms with E-state index in [1.54, 1.807) is 7.11 Å². The van der Waals surface area contributed by atoms with Gasteiger partial charge >= 0.3 is 0 Å². The van der Waals surface area contributed by atoms with Crippen LogP contribution >= 0.6 is 0 Å². The standard InChI is InChI=1S/C25H36N4O3/c1-3-26-25(27-12-7-13-29-14-16-31-17-15-29)28-19-22-10-11-23(24(18-22)30-2)32-20-21-8-5-4-6-9-21/h4-6,8-11,18H,3,7,12-17,19-20H2,1-2H3,(H2,26,27,28). The fourth-order valence-corrected chi connectivity index (χ4v) is 3.51. The Hall–Kier alpha value is -2.77. The molecule has 32 heavy (non-hydrogen) atoms. The molecule has 0 atom stereocenters. The third-order valence-electron chi connectivity index (χ3n) is 5.28. The molecular weight excluding hydrogens is 404 g/mol. The van der Waals surface area contributed by atoms with Gasteiger partial charge in [-0.2, -0.15) is 0 Å². The number of hydrogen-bond donors (Lipinski definition) is 2. The monoisotopic (exact) mass is 440 g/mol. The summed E-state index contributed by atoms with van der Waals surface area (Å²) in [6.07, 6.45) is 1.08. The number of guanidine groups is 1. The molecular formula is C25H36N4O3. The van der Waals surface area contributed by atoms with Crippen molar-refractivity contribution in [3.05, 3.63) is 59.7 Å². The Labute approximate surface area is 191 Å². The lowest BCUT2D eigenvalue weighted by Crippen LogP contribution is -2.40. The zero-order chi connectivity index (χ0) is 22.4. The number of nitrogens with one attached hydrogen (secondary N) is 2. The SMILES string of the molecule is CCNC(=NCc1ccc(OCc2ccccc2)c(OC)c1)NCCCN1CCOCC1. The number of benzene rings is 2. The first-order chi connectivity index (χ1) is 15.8. The molecule has 0 bridgehead atoms. The first kappa shape index (κ1) is 23.9. The van der Waals surface area contributed by atoms with Crippen molar-refractivity contribution in [1.82, 2.24) is 15.5 Å². The van der Waals surface area contributed by atoms with E-state index >= 15 is 0 Å². The topological polar surface area (TPSA) is 67.4 Å². The molecule has 2 aromatic rings. The Bertz CT molecular complexity index is 823. The van der Waals surface area contributed by atoms with Gasteiger partial charge in [0.2, 0.25) is 0 Å². The van der Waals surface area contributed by atoms with Crippen LogP contribution in [0.3, 0.4) is 0 Å². The first-order valence-corrected chi connectivity index (χ1v) is 11.4. The summed E-state index contributed by atoms with van der Waals surface area (Å²) >= 11 is 0. The lowest BCUT2D eigenvalue weighted by Gasteiger charge is -2.26. The van der Waals surface area contributed by atoms with Crippen LogP contribution in [-0.2, 0) is 17.9 Å². The molecule has 174 valence electrons. The third-order valence-corrected chi connectivity index (χ3v) is 5.28. The molecule has 0 spiro atoms. The number of hydrogen-bond acceptors (Lipinski definition) is 5. The van der Waals surface area contributed by atoms with Crippen molar-refractivity contribution in [2.75, 3.05) is 53.0 Å². The van der Waals surface area contributed by atoms with Gasteiger partial charge in [-0.3, -0.25) is 4.90 Å². The van der Waals surface area contributed by atoms with Crippen LogP contribution in [0.25, 0.3) is 0 Å². The molecule has 1 heterocycles. The molecule has 1 saturated heterocycles. The minimum atomic E-state index is 0.508. The molecule has 3 rings (SSSR count). The summed E-state index contributed by atoms with van der Waals surface area (Å²) in [7, 11) is 1.66. The van der Waals surface area contributed by atoms with Crippen LogP contribution in [0.4, 0.5) is 0 Å². The van der Waals surface area contributed by atoms with Crippen LogP contribution in [0.5, 0.6) is 11.5 Å². The number of aliphatic imine (C=N–C) groups is 1. The van der Waals surface area contributed by atoms with Gasteiger partial charge in [0.05, 0.1) is 26.9 Å². The van der Waals surface area contributed by atoms with Crippen LogP contribution in [0.15, 0.2) is 53.5 Å². The highest BCUT2D eigenvalue weighted by Gasteiger charge is 2.10. The molecule has 7 nitrogen and oxygen atoms in total. The van der Waals surface area contributed by atoms with E-state index in [1.807, 2.05) is 48.5 Å². The number of rotatable bonds is 11. The van der Waals surface area contributed by atoms with Crippen molar-refractivity contribution >= 4 is 5.96 Å². The molecule has 0 radical (unpaired) electrons. The van der Waals surface area contributed by atoms with Gasteiger partial charge < -0.3 is 24.8 Å². The van der Waals surface area contributed by atoms with E-state index in [9.17, 15) is 0 Å². The molecule has 1 aliphatic rings. The van der Waals surface area contributed by atoms with Crippen molar-refractivity contribution in [2.45, 2.75) is 26.5 Å². The van der Waals surface area contributed by atoms with Gasteiger partial charge in [-0.05, 0) is 43.1 Å². The van der Waals surface area contributed by atoms with E-state index in [0.29, 0.717) is 13.2 Å². The van der Waals surface area contributed by atoms with Gasteiger partial charge in [-0.15, -0.1) is 0 Å². The summed E-state index contributed by atoms with van der Waals surface area (Å²) < 4.78 is 16.9. The van der Waals surface area contributed by atoms with E-state index < -0.39 is 0 Å². The number of methoxy groups -OCH3 is 1. The number of ether oxygens (including phenoxy) is 3. The van der Waals surface area contributed by atoms with E-state index in [1.165, 1.54) is 0 Å². The maximum absolute atomic E-state index is 5.95. The van der Waals surface area contributed by atoms with Crippen molar-refractivity contribution < 1.29 is 14.2 Å². The second-order valence-electron chi connectivity index (χ2n) is 7.69. The lowest BCUT2D eigenvalue weighted by atomic mass is 10.2. The highest BCUT2D eigenvalue weighted by atomic mass is 16.5. The molecule has 0 saturated carbocycles. The summed E-state index contributed by atoms with van der Waals surface area (Å²) in [6.45, 7) is 9.69. The van der Waals surface area contributed by atoms with Crippen LogP contribution in [0.2, 0.25) is 0 Å². The highest BCUT2D eigenvalue weighted by molar-refractivity contribution is 5.79. The largest absolute Gasteiger partial charge is 0.493 e. The van der Waals surface area contributed by atoms with Crippen LogP contribution < -0.4 is 20.1 Å². The molecule has 2 aromatic carbocycles. The summed E-state index contributed by atoms with van der Waals surface area (Å²) in [4.78, 5) is 7.18. The normalized spacial score (nSPS) is 14.8. The summed E-state index contributed by atoms with van der Waals surface area (Å²) in [5, 5.41) is 6.75. The molecule has 0 amide bonds. The van der Waals surface area contributed by atoms with Crippen molar-refractivity contribution in [3.63, 3.8) is 0 Å². The number of morpholine rings is 1. The first-order valence-electron chi connectivity index (χ1n) is 11.4. The van der Waals surface area contributed by atoms with E-state index in [0.717, 1.165) is 80.9 Å². The second-order valence-corrected chi connectivity index (χ2v) is 7.69. The zero-order valence-corrected chi connectivity index (χ0v) is 19.3. The fraction of sp³-hybridized carbons (Fsp3) is 0.480. The van der Waals surface area contributed by atoms with E-state index in [2.05, 4.69) is 22.5 Å². The Kier molecular flexibility index (Phi) is 10.2. The van der Waals surface area contributed by atoms with Crippen molar-refractivity contribution in [3.8, 4) is 11.5 Å². The Morgan fingerprint density at radius 2 is 1.84 bits per heavy atom. The molecule has 1 fully saturated rings. The van der Waals surface area contributed by atoms with Crippen LogP contribution in [0, 0.1) is 0 Å². The fourth-order valence-electron chi connectivity index (χ4n) is 3.51. The molecule has 1 aliphatic heterocycles. The van der Waals surface area contributed by atoms with Gasteiger partial charge in [0.25, 0.3) is 0 Å². The van der Waals surface area contributed by atoms with Crippen molar-refractivity contribution in [1.29, 1.82) is 0 Å². The highest BCUT2D eigenvalue weighted by Crippen LogP contribution is 2.29. The van der Waals surface area contributed by atoms with Crippen molar-refractivity contribution in [2.24, 2.45) is 4.99 Å². The van der Waals surface area contributed by atoms with Crippen LogP contribution in [0.1, 0.15) is 24.5 Å². The smallest absolute Gasteiger partial charge is 0.191 e. The average molecular weight is 441 g/mol. The summed E-state index contributed by atoms with van der Waals surface area (Å²) in [6, 6.07) is 16.1. The van der Waals surface area contributed by atoms with E-state index in [4.69, 9.17) is 19.2 Å². The minimum Gasteiger partial charge on any atom is -0.493 e. The average Bonchev–Trinajstić information content (AvgIpc) is 2.85. The Balaban J connectivity index is 1.50. The maximum atomic E-state index is 5.95. The molecule has 0 aliphatic carbocycles. The second kappa shape index (κ2) is 13.6. The molecule has 0 aromatic heterocycles. The molecule has 2 N–H and O–H groups in total. The lowest BCUT2D eigenvalue weighted by molar-refractivity contribution is 0.0376. The Morgan fingerprint density at radius 3 is 2.59 bits per heavy atom. The van der Waals surface area contributed by atoms with Gasteiger partial charge in [0.1, 0.15) is 6.61 Å². The zero-order valence-electron chi connectivity index (χ0n) is 19.3. The predicted molar refractivity (Wildman–Crippen MR) is 128 cm³/mol. The predicted octanol–water partition coefficient (Wildman–Crippen LogP) is 3.05. The minimum absolute atomic E-state index is 0.508. The van der Waals surface area contributed by atoms with Gasteiger partial charge in [0.15, 0.2) is 17.5 Å². The van der Waals surface area contributed by atoms with Gasteiger partial charge in [0, 0.05) is 26.2 Å². The molecule has 7 heteroatoms. The third kappa shape index (κ3) is 8.05. The quantitative estimate of drug-likeness (QED) is 0.318.